The molecule has 0 fully saturated rings. The Balaban J connectivity index is 2.79. The van der Waals surface area contributed by atoms with E-state index in [1.165, 1.54) is 6.92 Å². The second-order valence-electron chi connectivity index (χ2n) is 3.81. The van der Waals surface area contributed by atoms with Crippen LogP contribution in [0.4, 0.5) is 0 Å². The van der Waals surface area contributed by atoms with Crippen LogP contribution in [0.5, 0.6) is 5.75 Å². The van der Waals surface area contributed by atoms with Gasteiger partial charge < -0.3 is 5.11 Å². The molecule has 0 saturated carbocycles. The van der Waals surface area contributed by atoms with Gasteiger partial charge in [0.25, 0.3) is 0 Å². The molecule has 0 aliphatic heterocycles. The van der Waals surface area contributed by atoms with Gasteiger partial charge in [0.2, 0.25) is 0 Å². The third kappa shape index (κ3) is 2.15. The standard InChI is InChI=1S/C14H14O2S/c1-3-17-13-8-12(9(2)15)14(16)11-7-5-4-6-10(11)13/h4-8,16H,3H2,1-2H3. The minimum atomic E-state index is -0.105. The topological polar surface area (TPSA) is 37.3 Å². The summed E-state index contributed by atoms with van der Waals surface area (Å²) >= 11 is 1.68. The first-order valence-electron chi connectivity index (χ1n) is 5.53. The van der Waals surface area contributed by atoms with E-state index in [2.05, 4.69) is 6.92 Å². The molecular weight excluding hydrogens is 232 g/mol. The van der Waals surface area contributed by atoms with Crippen molar-refractivity contribution >= 4 is 28.3 Å². The van der Waals surface area contributed by atoms with Gasteiger partial charge in [0.1, 0.15) is 5.75 Å². The molecule has 2 rings (SSSR count). The molecule has 2 nitrogen and oxygen atoms in total. The largest absolute Gasteiger partial charge is 0.507 e. The molecule has 0 aliphatic carbocycles. The highest BCUT2D eigenvalue weighted by Gasteiger charge is 2.13. The van der Waals surface area contributed by atoms with Gasteiger partial charge in [-0.2, -0.15) is 0 Å². The van der Waals surface area contributed by atoms with Crippen molar-refractivity contribution in [2.75, 3.05) is 5.75 Å². The van der Waals surface area contributed by atoms with Crippen LogP contribution < -0.4 is 0 Å². The van der Waals surface area contributed by atoms with E-state index in [1.54, 1.807) is 17.8 Å². The van der Waals surface area contributed by atoms with Crippen molar-refractivity contribution in [3.8, 4) is 5.75 Å². The van der Waals surface area contributed by atoms with E-state index in [9.17, 15) is 9.90 Å². The van der Waals surface area contributed by atoms with Crippen molar-refractivity contribution in [3.63, 3.8) is 0 Å². The Hall–Kier alpha value is -1.48. The van der Waals surface area contributed by atoms with Gasteiger partial charge in [-0.05, 0) is 24.1 Å². The van der Waals surface area contributed by atoms with E-state index >= 15 is 0 Å². The van der Waals surface area contributed by atoms with Gasteiger partial charge in [-0.1, -0.05) is 31.2 Å². The molecule has 2 aromatic rings. The van der Waals surface area contributed by atoms with Gasteiger partial charge in [-0.15, -0.1) is 11.8 Å². The second kappa shape index (κ2) is 4.80. The number of benzene rings is 2. The molecule has 0 unspecified atom stereocenters. The third-order valence-electron chi connectivity index (χ3n) is 2.66. The van der Waals surface area contributed by atoms with E-state index in [0.717, 1.165) is 21.4 Å². The Morgan fingerprint density at radius 2 is 1.94 bits per heavy atom. The van der Waals surface area contributed by atoms with Crippen LogP contribution in [0.3, 0.4) is 0 Å². The number of aromatic hydroxyl groups is 1. The summed E-state index contributed by atoms with van der Waals surface area (Å²) in [6.45, 7) is 3.55. The Morgan fingerprint density at radius 3 is 2.53 bits per heavy atom. The number of ketones is 1. The SMILES string of the molecule is CCSc1cc(C(C)=O)c(O)c2ccccc12. The lowest BCUT2D eigenvalue weighted by atomic mass is 10.0. The molecule has 0 spiro atoms. The first-order chi connectivity index (χ1) is 8.15. The molecule has 0 radical (unpaired) electrons. The number of fused-ring (bicyclic) bond motifs is 1. The molecule has 0 aromatic heterocycles. The highest BCUT2D eigenvalue weighted by molar-refractivity contribution is 7.99. The molecule has 0 aliphatic rings. The number of hydrogen-bond donors (Lipinski definition) is 1. The molecule has 1 N–H and O–H groups in total. The normalized spacial score (nSPS) is 10.7. The van der Waals surface area contributed by atoms with Crippen molar-refractivity contribution in [3.05, 3.63) is 35.9 Å². The van der Waals surface area contributed by atoms with E-state index in [0.29, 0.717) is 5.56 Å². The Bertz CT molecular complexity index is 576. The average molecular weight is 246 g/mol. The van der Waals surface area contributed by atoms with Gasteiger partial charge in [0.15, 0.2) is 5.78 Å². The summed E-state index contributed by atoms with van der Waals surface area (Å²) in [7, 11) is 0. The van der Waals surface area contributed by atoms with Crippen LogP contribution in [-0.4, -0.2) is 16.6 Å². The summed E-state index contributed by atoms with van der Waals surface area (Å²) in [6.07, 6.45) is 0. The summed E-state index contributed by atoms with van der Waals surface area (Å²) in [5.41, 5.74) is 0.402. The summed E-state index contributed by atoms with van der Waals surface area (Å²) in [5, 5.41) is 11.8. The van der Waals surface area contributed by atoms with E-state index in [1.807, 2.05) is 24.3 Å². The summed E-state index contributed by atoms with van der Waals surface area (Å²) < 4.78 is 0. The average Bonchev–Trinajstić information content (AvgIpc) is 2.33. The van der Waals surface area contributed by atoms with E-state index < -0.39 is 0 Å². The van der Waals surface area contributed by atoms with Crippen molar-refractivity contribution in [2.45, 2.75) is 18.7 Å². The minimum absolute atomic E-state index is 0.0913. The number of Topliss-reactive ketones (excluding diaryl/α,β-unsaturated/α-hetero) is 1. The molecule has 17 heavy (non-hydrogen) atoms. The van der Waals surface area contributed by atoms with Gasteiger partial charge in [0, 0.05) is 10.3 Å². The zero-order chi connectivity index (χ0) is 12.4. The fraction of sp³-hybridized carbons (Fsp3) is 0.214. The maximum atomic E-state index is 11.5. The lowest BCUT2D eigenvalue weighted by Crippen LogP contribution is -1.94. The smallest absolute Gasteiger partial charge is 0.163 e. The third-order valence-corrected chi connectivity index (χ3v) is 3.59. The number of hydrogen-bond acceptors (Lipinski definition) is 3. The lowest BCUT2D eigenvalue weighted by molar-refractivity contribution is 0.101. The van der Waals surface area contributed by atoms with Crippen LogP contribution >= 0.6 is 11.8 Å². The quantitative estimate of drug-likeness (QED) is 0.660. The first kappa shape index (κ1) is 12.0. The lowest BCUT2D eigenvalue weighted by Gasteiger charge is -2.10. The monoisotopic (exact) mass is 246 g/mol. The molecule has 0 amide bonds. The maximum Gasteiger partial charge on any atom is 0.163 e. The molecule has 88 valence electrons. The molecule has 2 aromatic carbocycles. The number of rotatable bonds is 3. The summed E-state index contributed by atoms with van der Waals surface area (Å²) in [5.74, 6) is 0.923. The zero-order valence-electron chi connectivity index (χ0n) is 9.86. The van der Waals surface area contributed by atoms with Gasteiger partial charge in [-0.25, -0.2) is 0 Å². The summed E-state index contributed by atoms with van der Waals surface area (Å²) in [4.78, 5) is 12.5. The Kier molecular flexibility index (Phi) is 3.38. The maximum absolute atomic E-state index is 11.5. The molecule has 0 atom stereocenters. The summed E-state index contributed by atoms with van der Waals surface area (Å²) in [6, 6.07) is 9.41. The van der Waals surface area contributed by atoms with Crippen LogP contribution in [0.2, 0.25) is 0 Å². The van der Waals surface area contributed by atoms with Gasteiger partial charge in [0.05, 0.1) is 5.56 Å². The number of carbonyl (C=O) groups is 1. The number of carbonyl (C=O) groups excluding carboxylic acids is 1. The van der Waals surface area contributed by atoms with Crippen LogP contribution in [0.1, 0.15) is 24.2 Å². The molecule has 3 heteroatoms. The Labute approximate surface area is 105 Å². The number of phenols is 1. The zero-order valence-corrected chi connectivity index (χ0v) is 10.7. The van der Waals surface area contributed by atoms with Gasteiger partial charge in [-0.3, -0.25) is 4.79 Å². The van der Waals surface area contributed by atoms with Crippen molar-refractivity contribution < 1.29 is 9.90 Å². The van der Waals surface area contributed by atoms with Crippen LogP contribution in [0.15, 0.2) is 35.2 Å². The van der Waals surface area contributed by atoms with Crippen molar-refractivity contribution in [1.82, 2.24) is 0 Å². The molecule has 0 heterocycles. The molecular formula is C14H14O2S. The fourth-order valence-electron chi connectivity index (χ4n) is 1.87. The minimum Gasteiger partial charge on any atom is -0.507 e. The van der Waals surface area contributed by atoms with Crippen LogP contribution in [0, 0.1) is 0 Å². The fourth-order valence-corrected chi connectivity index (χ4v) is 2.72. The highest BCUT2D eigenvalue weighted by Crippen LogP contribution is 2.36. The number of thioether (sulfide) groups is 1. The first-order valence-corrected chi connectivity index (χ1v) is 6.52. The van der Waals surface area contributed by atoms with E-state index in [-0.39, 0.29) is 11.5 Å². The van der Waals surface area contributed by atoms with Crippen molar-refractivity contribution in [1.29, 1.82) is 0 Å². The Morgan fingerprint density at radius 1 is 1.29 bits per heavy atom. The number of phenolic OH excluding ortho intramolecular Hbond substituents is 1. The highest BCUT2D eigenvalue weighted by atomic mass is 32.2. The predicted molar refractivity (Wildman–Crippen MR) is 72.0 cm³/mol. The molecule has 0 bridgehead atoms. The van der Waals surface area contributed by atoms with E-state index in [4.69, 9.17) is 0 Å². The predicted octanol–water partition coefficient (Wildman–Crippen LogP) is 3.86. The van der Waals surface area contributed by atoms with Crippen LogP contribution in [0.25, 0.3) is 10.8 Å². The van der Waals surface area contributed by atoms with Gasteiger partial charge >= 0.3 is 0 Å². The molecule has 0 saturated heterocycles. The van der Waals surface area contributed by atoms with Crippen LogP contribution in [-0.2, 0) is 0 Å². The van der Waals surface area contributed by atoms with Crippen molar-refractivity contribution in [2.24, 2.45) is 0 Å². The second-order valence-corrected chi connectivity index (χ2v) is 5.11.